The summed E-state index contributed by atoms with van der Waals surface area (Å²) < 4.78 is 5.07. The molecule has 0 atom stereocenters. The second kappa shape index (κ2) is 8.76. The fraction of sp³-hybridized carbons (Fsp3) is 0.333. The average molecular weight is 328 g/mol. The molecular weight excluding hydrogens is 304 g/mol. The van der Waals surface area contributed by atoms with Crippen LogP contribution in [0.5, 0.6) is 0 Å². The minimum atomic E-state index is -0.263. The SMILES string of the molecule is CCNC(=NCc1ccc(NC(=O)c2ccco2)cc1)NC(C)C. The number of carbonyl (C=O) groups is 1. The lowest BCUT2D eigenvalue weighted by atomic mass is 10.2. The Morgan fingerprint density at radius 1 is 1.21 bits per heavy atom. The maximum absolute atomic E-state index is 11.9. The van der Waals surface area contributed by atoms with Crippen LogP contribution in [0.15, 0.2) is 52.1 Å². The van der Waals surface area contributed by atoms with E-state index in [1.165, 1.54) is 6.26 Å². The Hall–Kier alpha value is -2.76. The predicted octanol–water partition coefficient (Wildman–Crippen LogP) is 3.00. The lowest BCUT2D eigenvalue weighted by Crippen LogP contribution is -2.40. The van der Waals surface area contributed by atoms with Gasteiger partial charge in [0, 0.05) is 18.3 Å². The summed E-state index contributed by atoms with van der Waals surface area (Å²) in [6, 6.07) is 11.2. The zero-order valence-corrected chi connectivity index (χ0v) is 14.3. The quantitative estimate of drug-likeness (QED) is 0.563. The van der Waals surface area contributed by atoms with Crippen molar-refractivity contribution in [3.05, 3.63) is 54.0 Å². The normalized spacial score (nSPS) is 11.4. The van der Waals surface area contributed by atoms with Crippen LogP contribution in [-0.4, -0.2) is 24.5 Å². The molecule has 0 unspecified atom stereocenters. The summed E-state index contributed by atoms with van der Waals surface area (Å²) in [6.07, 6.45) is 1.48. The zero-order chi connectivity index (χ0) is 17.4. The molecule has 128 valence electrons. The predicted molar refractivity (Wildman–Crippen MR) is 96.2 cm³/mol. The van der Waals surface area contributed by atoms with Gasteiger partial charge < -0.3 is 20.4 Å². The summed E-state index contributed by atoms with van der Waals surface area (Å²) in [5, 5.41) is 9.27. The number of hydrogen-bond acceptors (Lipinski definition) is 3. The lowest BCUT2D eigenvalue weighted by molar-refractivity contribution is 0.0996. The molecule has 0 fully saturated rings. The number of rotatable bonds is 6. The molecule has 2 aromatic rings. The first-order chi connectivity index (χ1) is 11.6. The van der Waals surface area contributed by atoms with E-state index in [-0.39, 0.29) is 5.91 Å². The van der Waals surface area contributed by atoms with Gasteiger partial charge in [-0.3, -0.25) is 4.79 Å². The molecule has 6 nitrogen and oxygen atoms in total. The Kier molecular flexibility index (Phi) is 6.42. The van der Waals surface area contributed by atoms with Gasteiger partial charge in [0.1, 0.15) is 0 Å². The largest absolute Gasteiger partial charge is 0.459 e. The third kappa shape index (κ3) is 5.46. The van der Waals surface area contributed by atoms with Gasteiger partial charge in [0.05, 0.1) is 12.8 Å². The number of furan rings is 1. The van der Waals surface area contributed by atoms with Crippen molar-refractivity contribution in [2.75, 3.05) is 11.9 Å². The molecule has 0 aliphatic heterocycles. The van der Waals surface area contributed by atoms with Crippen LogP contribution in [-0.2, 0) is 6.54 Å². The molecule has 1 heterocycles. The van der Waals surface area contributed by atoms with Crippen LogP contribution in [0, 0.1) is 0 Å². The van der Waals surface area contributed by atoms with Gasteiger partial charge in [0.25, 0.3) is 5.91 Å². The van der Waals surface area contributed by atoms with Gasteiger partial charge in [0.15, 0.2) is 11.7 Å². The molecule has 1 aromatic heterocycles. The molecular formula is C18H24N4O2. The van der Waals surface area contributed by atoms with E-state index in [1.807, 2.05) is 31.2 Å². The summed E-state index contributed by atoms with van der Waals surface area (Å²) in [4.78, 5) is 16.5. The van der Waals surface area contributed by atoms with Crippen LogP contribution in [0.4, 0.5) is 5.69 Å². The number of carbonyl (C=O) groups excluding carboxylic acids is 1. The maximum atomic E-state index is 11.9. The Bertz CT molecular complexity index is 661. The highest BCUT2D eigenvalue weighted by molar-refractivity contribution is 6.02. The van der Waals surface area contributed by atoms with Crippen LogP contribution in [0.25, 0.3) is 0 Å². The summed E-state index contributed by atoms with van der Waals surface area (Å²) in [5.41, 5.74) is 1.78. The Morgan fingerprint density at radius 3 is 2.54 bits per heavy atom. The van der Waals surface area contributed by atoms with Gasteiger partial charge in [-0.25, -0.2) is 4.99 Å². The number of guanidine groups is 1. The van der Waals surface area contributed by atoms with Crippen LogP contribution >= 0.6 is 0 Å². The van der Waals surface area contributed by atoms with Crippen LogP contribution in [0.3, 0.4) is 0 Å². The lowest BCUT2D eigenvalue weighted by Gasteiger charge is -2.14. The standard InChI is InChI=1S/C18H24N4O2/c1-4-19-18(21-13(2)3)20-12-14-7-9-15(10-8-14)22-17(23)16-6-5-11-24-16/h5-11,13H,4,12H2,1-3H3,(H,22,23)(H2,19,20,21). The van der Waals surface area contributed by atoms with E-state index in [2.05, 4.69) is 34.8 Å². The zero-order valence-electron chi connectivity index (χ0n) is 14.3. The third-order valence-electron chi connectivity index (χ3n) is 3.15. The van der Waals surface area contributed by atoms with Crippen LogP contribution < -0.4 is 16.0 Å². The Balaban J connectivity index is 1.94. The highest BCUT2D eigenvalue weighted by Crippen LogP contribution is 2.12. The van der Waals surface area contributed by atoms with Crippen LogP contribution in [0.1, 0.15) is 36.9 Å². The van der Waals surface area contributed by atoms with Gasteiger partial charge in [0.2, 0.25) is 0 Å². The highest BCUT2D eigenvalue weighted by atomic mass is 16.3. The van der Waals surface area contributed by atoms with E-state index in [9.17, 15) is 4.79 Å². The minimum Gasteiger partial charge on any atom is -0.459 e. The van der Waals surface area contributed by atoms with Crippen molar-refractivity contribution < 1.29 is 9.21 Å². The highest BCUT2D eigenvalue weighted by Gasteiger charge is 2.08. The first-order valence-electron chi connectivity index (χ1n) is 8.07. The molecule has 0 radical (unpaired) electrons. The van der Waals surface area contributed by atoms with E-state index in [1.54, 1.807) is 12.1 Å². The minimum absolute atomic E-state index is 0.263. The van der Waals surface area contributed by atoms with E-state index < -0.39 is 0 Å². The fourth-order valence-corrected chi connectivity index (χ4v) is 2.06. The van der Waals surface area contributed by atoms with Crippen molar-refractivity contribution in [2.45, 2.75) is 33.4 Å². The number of amides is 1. The van der Waals surface area contributed by atoms with E-state index in [0.717, 1.165) is 23.8 Å². The number of nitrogens with zero attached hydrogens (tertiary/aromatic N) is 1. The summed E-state index contributed by atoms with van der Waals surface area (Å²) >= 11 is 0. The second-order valence-electron chi connectivity index (χ2n) is 5.62. The maximum Gasteiger partial charge on any atom is 0.291 e. The topological polar surface area (TPSA) is 78.7 Å². The van der Waals surface area contributed by atoms with E-state index in [0.29, 0.717) is 18.3 Å². The second-order valence-corrected chi connectivity index (χ2v) is 5.62. The molecule has 3 N–H and O–H groups in total. The number of hydrogen-bond donors (Lipinski definition) is 3. The van der Waals surface area contributed by atoms with Crippen molar-refractivity contribution in [3.63, 3.8) is 0 Å². The van der Waals surface area contributed by atoms with Crippen molar-refractivity contribution in [1.29, 1.82) is 0 Å². The fourth-order valence-electron chi connectivity index (χ4n) is 2.06. The molecule has 1 amide bonds. The van der Waals surface area contributed by atoms with Gasteiger partial charge in [-0.1, -0.05) is 12.1 Å². The summed E-state index contributed by atoms with van der Waals surface area (Å²) in [7, 11) is 0. The van der Waals surface area contributed by atoms with Gasteiger partial charge in [-0.2, -0.15) is 0 Å². The molecule has 0 bridgehead atoms. The summed E-state index contributed by atoms with van der Waals surface area (Å²) in [6.45, 7) is 7.56. The average Bonchev–Trinajstić information content (AvgIpc) is 3.08. The third-order valence-corrected chi connectivity index (χ3v) is 3.15. The molecule has 0 saturated heterocycles. The number of aliphatic imine (C=N–C) groups is 1. The first kappa shape index (κ1) is 17.6. The van der Waals surface area contributed by atoms with Gasteiger partial charge in [-0.15, -0.1) is 0 Å². The van der Waals surface area contributed by atoms with Gasteiger partial charge in [-0.05, 0) is 50.6 Å². The molecule has 0 aliphatic rings. The first-order valence-corrected chi connectivity index (χ1v) is 8.07. The van der Waals surface area contributed by atoms with Crippen molar-refractivity contribution >= 4 is 17.6 Å². The van der Waals surface area contributed by atoms with E-state index in [4.69, 9.17) is 4.42 Å². The molecule has 6 heteroatoms. The van der Waals surface area contributed by atoms with Crippen LogP contribution in [0.2, 0.25) is 0 Å². The molecule has 0 spiro atoms. The molecule has 2 rings (SSSR count). The van der Waals surface area contributed by atoms with Crippen molar-refractivity contribution in [2.24, 2.45) is 4.99 Å². The smallest absolute Gasteiger partial charge is 0.291 e. The molecule has 24 heavy (non-hydrogen) atoms. The molecule has 0 aliphatic carbocycles. The summed E-state index contributed by atoms with van der Waals surface area (Å²) in [5.74, 6) is 0.822. The Labute approximate surface area is 142 Å². The van der Waals surface area contributed by atoms with Gasteiger partial charge >= 0.3 is 0 Å². The molecule has 1 aromatic carbocycles. The van der Waals surface area contributed by atoms with Crippen molar-refractivity contribution in [1.82, 2.24) is 10.6 Å². The Morgan fingerprint density at radius 2 is 1.96 bits per heavy atom. The monoisotopic (exact) mass is 328 g/mol. The van der Waals surface area contributed by atoms with E-state index >= 15 is 0 Å². The molecule has 0 saturated carbocycles. The number of benzene rings is 1. The van der Waals surface area contributed by atoms with Crippen molar-refractivity contribution in [3.8, 4) is 0 Å². The number of anilines is 1. The number of nitrogens with one attached hydrogen (secondary N) is 3.